The number of carbonyl (C=O) groups excluding carboxylic acids is 1. The Morgan fingerprint density at radius 3 is 2.63 bits per heavy atom. The topological polar surface area (TPSA) is 81.4 Å². The third-order valence-corrected chi connectivity index (χ3v) is 5.55. The molecule has 0 atom stereocenters. The van der Waals surface area contributed by atoms with Crippen molar-refractivity contribution in [3.05, 3.63) is 75.0 Å². The number of benzene rings is 2. The van der Waals surface area contributed by atoms with E-state index in [4.69, 9.17) is 9.15 Å². The van der Waals surface area contributed by atoms with Crippen LogP contribution in [0.5, 0.6) is 5.75 Å². The highest BCUT2D eigenvalue weighted by Crippen LogP contribution is 2.30. The second-order valence-electron chi connectivity index (χ2n) is 7.03. The molecule has 0 saturated heterocycles. The fraction of sp³-hybridized carbons (Fsp3) is 0.174. The zero-order valence-electron chi connectivity index (χ0n) is 16.8. The summed E-state index contributed by atoms with van der Waals surface area (Å²) in [7, 11) is 0. The molecule has 152 valence electrons. The molecule has 0 unspecified atom stereocenters. The van der Waals surface area contributed by atoms with Crippen LogP contribution < -0.4 is 15.7 Å². The molecule has 0 bridgehead atoms. The summed E-state index contributed by atoms with van der Waals surface area (Å²) in [5, 5.41) is 4.13. The first kappa shape index (κ1) is 19.8. The van der Waals surface area contributed by atoms with Gasteiger partial charge < -0.3 is 9.15 Å². The van der Waals surface area contributed by atoms with Crippen molar-refractivity contribution in [3.8, 4) is 17.0 Å². The Balaban J connectivity index is 1.43. The van der Waals surface area contributed by atoms with E-state index >= 15 is 0 Å². The van der Waals surface area contributed by atoms with Crippen LogP contribution in [0.2, 0.25) is 0 Å². The highest BCUT2D eigenvalue weighted by Gasteiger charge is 2.13. The van der Waals surface area contributed by atoms with Crippen molar-refractivity contribution >= 4 is 33.3 Å². The Kier molecular flexibility index (Phi) is 5.37. The number of aromatic nitrogens is 1. The minimum Gasteiger partial charge on any atom is -0.484 e. The van der Waals surface area contributed by atoms with Crippen molar-refractivity contribution in [1.82, 2.24) is 4.98 Å². The Labute approximate surface area is 177 Å². The molecule has 30 heavy (non-hydrogen) atoms. The SMILES string of the molecule is Cc1ccc(-c2nc(NC(=O)COc3ccc4c(C)cc(=O)oc4c3)sc2C)cc1. The number of hydrogen-bond donors (Lipinski definition) is 1. The van der Waals surface area contributed by atoms with Crippen molar-refractivity contribution in [3.63, 3.8) is 0 Å². The predicted octanol–water partition coefficient (Wildman–Crippen LogP) is 4.86. The van der Waals surface area contributed by atoms with E-state index in [1.165, 1.54) is 23.0 Å². The number of ether oxygens (including phenoxy) is 1. The van der Waals surface area contributed by atoms with Crippen LogP contribution in [0, 0.1) is 20.8 Å². The van der Waals surface area contributed by atoms with Gasteiger partial charge in [0.15, 0.2) is 11.7 Å². The number of aryl methyl sites for hydroxylation is 3. The molecule has 4 aromatic rings. The highest BCUT2D eigenvalue weighted by molar-refractivity contribution is 7.16. The van der Waals surface area contributed by atoms with E-state index in [0.29, 0.717) is 16.5 Å². The zero-order valence-corrected chi connectivity index (χ0v) is 17.6. The van der Waals surface area contributed by atoms with Crippen LogP contribution in [0.1, 0.15) is 16.0 Å². The van der Waals surface area contributed by atoms with Crippen LogP contribution in [0.3, 0.4) is 0 Å². The van der Waals surface area contributed by atoms with E-state index in [0.717, 1.165) is 27.1 Å². The van der Waals surface area contributed by atoms with Gasteiger partial charge in [-0.05, 0) is 38.5 Å². The van der Waals surface area contributed by atoms with Gasteiger partial charge in [0.2, 0.25) is 0 Å². The molecular weight excluding hydrogens is 400 g/mol. The average Bonchev–Trinajstić information content (AvgIpc) is 3.06. The van der Waals surface area contributed by atoms with Gasteiger partial charge in [-0.15, -0.1) is 11.3 Å². The minimum absolute atomic E-state index is 0.181. The van der Waals surface area contributed by atoms with Crippen molar-refractivity contribution in [2.24, 2.45) is 0 Å². The normalized spacial score (nSPS) is 10.9. The van der Waals surface area contributed by atoms with E-state index in [1.807, 2.05) is 45.0 Å². The fourth-order valence-electron chi connectivity index (χ4n) is 3.13. The van der Waals surface area contributed by atoms with Gasteiger partial charge in [0, 0.05) is 28.0 Å². The van der Waals surface area contributed by atoms with Crippen LogP contribution >= 0.6 is 11.3 Å². The van der Waals surface area contributed by atoms with Crippen molar-refractivity contribution in [2.45, 2.75) is 20.8 Å². The number of amides is 1. The summed E-state index contributed by atoms with van der Waals surface area (Å²) in [6.07, 6.45) is 0. The van der Waals surface area contributed by atoms with Crippen LogP contribution in [0.15, 0.2) is 57.7 Å². The molecule has 0 aliphatic heterocycles. The molecule has 2 aromatic carbocycles. The molecule has 2 aromatic heterocycles. The fourth-order valence-corrected chi connectivity index (χ4v) is 3.98. The number of anilines is 1. The third-order valence-electron chi connectivity index (χ3n) is 4.66. The lowest BCUT2D eigenvalue weighted by Crippen LogP contribution is -2.20. The first-order chi connectivity index (χ1) is 14.4. The molecule has 0 radical (unpaired) electrons. The maximum absolute atomic E-state index is 12.3. The van der Waals surface area contributed by atoms with Gasteiger partial charge in [0.1, 0.15) is 11.3 Å². The first-order valence-corrected chi connectivity index (χ1v) is 10.2. The predicted molar refractivity (Wildman–Crippen MR) is 118 cm³/mol. The largest absolute Gasteiger partial charge is 0.484 e. The Bertz CT molecular complexity index is 1290. The minimum atomic E-state index is -0.418. The molecule has 0 aliphatic carbocycles. The number of thiazole rings is 1. The van der Waals surface area contributed by atoms with E-state index in [1.54, 1.807) is 18.2 Å². The summed E-state index contributed by atoms with van der Waals surface area (Å²) in [6.45, 7) is 5.67. The molecule has 0 aliphatic rings. The summed E-state index contributed by atoms with van der Waals surface area (Å²) in [4.78, 5) is 29.4. The van der Waals surface area contributed by atoms with Crippen LogP contribution in [-0.4, -0.2) is 17.5 Å². The van der Waals surface area contributed by atoms with Crippen molar-refractivity contribution in [1.29, 1.82) is 0 Å². The number of carbonyl (C=O) groups is 1. The van der Waals surface area contributed by atoms with Crippen LogP contribution in [-0.2, 0) is 4.79 Å². The van der Waals surface area contributed by atoms with E-state index in [-0.39, 0.29) is 12.5 Å². The number of nitrogens with zero attached hydrogens (tertiary/aromatic N) is 1. The number of rotatable bonds is 5. The zero-order chi connectivity index (χ0) is 21.3. The van der Waals surface area contributed by atoms with Gasteiger partial charge in [-0.25, -0.2) is 9.78 Å². The van der Waals surface area contributed by atoms with E-state index < -0.39 is 5.63 Å². The average molecular weight is 420 g/mol. The maximum Gasteiger partial charge on any atom is 0.336 e. The second kappa shape index (κ2) is 8.12. The van der Waals surface area contributed by atoms with Crippen LogP contribution in [0.4, 0.5) is 5.13 Å². The summed E-state index contributed by atoms with van der Waals surface area (Å²) in [5.74, 6) is 0.132. The summed E-state index contributed by atoms with van der Waals surface area (Å²) in [6, 6.07) is 14.7. The highest BCUT2D eigenvalue weighted by atomic mass is 32.1. The number of fused-ring (bicyclic) bond motifs is 1. The van der Waals surface area contributed by atoms with Crippen molar-refractivity contribution < 1.29 is 13.9 Å². The molecule has 1 amide bonds. The lowest BCUT2D eigenvalue weighted by atomic mass is 10.1. The van der Waals surface area contributed by atoms with Gasteiger partial charge in [0.05, 0.1) is 5.69 Å². The first-order valence-electron chi connectivity index (χ1n) is 9.41. The van der Waals surface area contributed by atoms with E-state index in [2.05, 4.69) is 10.3 Å². The molecule has 0 fully saturated rings. The molecule has 2 heterocycles. The molecule has 6 nitrogen and oxygen atoms in total. The van der Waals surface area contributed by atoms with E-state index in [9.17, 15) is 9.59 Å². The molecule has 4 rings (SSSR count). The van der Waals surface area contributed by atoms with Gasteiger partial charge in [0.25, 0.3) is 5.91 Å². The Hall–Kier alpha value is -3.45. The Morgan fingerprint density at radius 1 is 1.10 bits per heavy atom. The van der Waals surface area contributed by atoms with Gasteiger partial charge in [-0.3, -0.25) is 10.1 Å². The molecule has 0 saturated carbocycles. The van der Waals surface area contributed by atoms with Gasteiger partial charge in [-0.1, -0.05) is 29.8 Å². The lowest BCUT2D eigenvalue weighted by molar-refractivity contribution is -0.118. The third kappa shape index (κ3) is 4.26. The summed E-state index contributed by atoms with van der Waals surface area (Å²) < 4.78 is 10.8. The molecular formula is C23H20N2O4S. The summed E-state index contributed by atoms with van der Waals surface area (Å²) >= 11 is 1.42. The number of nitrogens with one attached hydrogen (secondary N) is 1. The lowest BCUT2D eigenvalue weighted by Gasteiger charge is -2.07. The smallest absolute Gasteiger partial charge is 0.336 e. The van der Waals surface area contributed by atoms with Crippen LogP contribution in [0.25, 0.3) is 22.2 Å². The van der Waals surface area contributed by atoms with Gasteiger partial charge >= 0.3 is 5.63 Å². The van der Waals surface area contributed by atoms with Gasteiger partial charge in [-0.2, -0.15) is 0 Å². The molecule has 0 spiro atoms. The monoisotopic (exact) mass is 420 g/mol. The second-order valence-corrected chi connectivity index (χ2v) is 8.24. The van der Waals surface area contributed by atoms with Crippen molar-refractivity contribution in [2.75, 3.05) is 11.9 Å². The summed E-state index contributed by atoms with van der Waals surface area (Å²) in [5.41, 5.74) is 3.89. The Morgan fingerprint density at radius 2 is 1.87 bits per heavy atom. The molecule has 1 N–H and O–H groups in total. The quantitative estimate of drug-likeness (QED) is 0.466. The maximum atomic E-state index is 12.3. The molecule has 7 heteroatoms. The number of hydrogen-bond acceptors (Lipinski definition) is 6. The standard InChI is InChI=1S/C23H20N2O4S/c1-13-4-6-16(7-5-13)22-15(3)30-23(25-22)24-20(26)12-28-17-8-9-18-14(2)10-21(27)29-19(18)11-17/h4-11H,12H2,1-3H3,(H,24,25,26).